The molecule has 0 saturated carbocycles. The van der Waals surface area contributed by atoms with Crippen molar-refractivity contribution >= 4 is 6.09 Å². The van der Waals surface area contributed by atoms with Gasteiger partial charge in [0.15, 0.2) is 5.75 Å². The average Bonchev–Trinajstić information content (AvgIpc) is 2.08. The Labute approximate surface area is 75.9 Å². The molecule has 0 bridgehead atoms. The minimum Gasteiger partial charge on any atom is -0.407 e. The van der Waals surface area contributed by atoms with E-state index in [2.05, 4.69) is 14.7 Å². The molecule has 0 aliphatic heterocycles. The summed E-state index contributed by atoms with van der Waals surface area (Å²) >= 11 is 0. The summed E-state index contributed by atoms with van der Waals surface area (Å²) in [6.07, 6.45) is 3.81. The molecule has 2 N–H and O–H groups in total. The Bertz CT molecular complexity index is 284. The van der Waals surface area contributed by atoms with Gasteiger partial charge in [0.25, 0.3) is 0 Å². The van der Waals surface area contributed by atoms with Crippen LogP contribution in [0.5, 0.6) is 5.75 Å². The minimum absolute atomic E-state index is 0.271. The molecule has 0 saturated heterocycles. The smallest absolute Gasteiger partial charge is 0.407 e. The first-order chi connectivity index (χ1) is 6.22. The van der Waals surface area contributed by atoms with Gasteiger partial charge in [0, 0.05) is 6.42 Å². The predicted molar refractivity (Wildman–Crippen MR) is 46.2 cm³/mol. The Morgan fingerprint density at radius 2 is 2.15 bits per heavy atom. The highest BCUT2D eigenvalue weighted by Gasteiger charge is 2.00. The zero-order valence-corrected chi connectivity index (χ0v) is 7.36. The molecule has 0 fully saturated rings. The third-order valence-electron chi connectivity index (χ3n) is 1.37. The van der Waals surface area contributed by atoms with Crippen LogP contribution in [0.25, 0.3) is 0 Å². The third kappa shape index (κ3) is 3.06. The monoisotopic (exact) mass is 181 g/mol. The molecule has 0 unspecified atom stereocenters. The standard InChI is InChI=1S/C8H11N3O2/c1-2-3-7-10-4-6(5-11-7)13-8(9)12/h4-5H,2-3H2,1H3,(H2,9,12). The van der Waals surface area contributed by atoms with Gasteiger partial charge in [0.05, 0.1) is 12.4 Å². The lowest BCUT2D eigenvalue weighted by Gasteiger charge is -2.00. The van der Waals surface area contributed by atoms with E-state index < -0.39 is 6.09 Å². The van der Waals surface area contributed by atoms with Gasteiger partial charge < -0.3 is 10.5 Å². The van der Waals surface area contributed by atoms with E-state index in [9.17, 15) is 4.79 Å². The zero-order valence-electron chi connectivity index (χ0n) is 7.36. The lowest BCUT2D eigenvalue weighted by Crippen LogP contribution is -2.16. The van der Waals surface area contributed by atoms with Crippen LogP contribution in [-0.2, 0) is 6.42 Å². The van der Waals surface area contributed by atoms with E-state index >= 15 is 0 Å². The SMILES string of the molecule is CCCc1ncc(OC(N)=O)cn1. The first-order valence-corrected chi connectivity index (χ1v) is 4.00. The van der Waals surface area contributed by atoms with Crippen LogP contribution in [0.3, 0.4) is 0 Å². The molecular formula is C8H11N3O2. The summed E-state index contributed by atoms with van der Waals surface area (Å²) in [4.78, 5) is 18.3. The number of carbonyl (C=O) groups is 1. The van der Waals surface area contributed by atoms with Gasteiger partial charge in [0.1, 0.15) is 5.82 Å². The number of carbonyl (C=O) groups excluding carboxylic acids is 1. The normalized spacial score (nSPS) is 9.62. The first kappa shape index (κ1) is 9.44. The van der Waals surface area contributed by atoms with Gasteiger partial charge in [-0.05, 0) is 6.42 Å². The van der Waals surface area contributed by atoms with Crippen LogP contribution >= 0.6 is 0 Å². The molecule has 0 spiro atoms. The summed E-state index contributed by atoms with van der Waals surface area (Å²) in [6, 6.07) is 0. The first-order valence-electron chi connectivity index (χ1n) is 4.00. The largest absolute Gasteiger partial charge is 0.410 e. The second kappa shape index (κ2) is 4.39. The van der Waals surface area contributed by atoms with E-state index in [4.69, 9.17) is 5.73 Å². The molecule has 1 aromatic rings. The number of amides is 1. The molecule has 1 amide bonds. The summed E-state index contributed by atoms with van der Waals surface area (Å²) in [6.45, 7) is 2.04. The molecule has 0 aliphatic rings. The molecular weight excluding hydrogens is 170 g/mol. The van der Waals surface area contributed by atoms with E-state index in [1.54, 1.807) is 0 Å². The number of nitrogens with zero attached hydrogens (tertiary/aromatic N) is 2. The maximum atomic E-state index is 10.3. The van der Waals surface area contributed by atoms with Crippen molar-refractivity contribution in [3.8, 4) is 5.75 Å². The van der Waals surface area contributed by atoms with Crippen molar-refractivity contribution in [1.29, 1.82) is 0 Å². The fourth-order valence-electron chi connectivity index (χ4n) is 0.864. The lowest BCUT2D eigenvalue weighted by atomic mass is 10.3. The van der Waals surface area contributed by atoms with E-state index in [1.807, 2.05) is 6.92 Å². The number of ether oxygens (including phenoxy) is 1. The Hall–Kier alpha value is -1.65. The number of rotatable bonds is 3. The summed E-state index contributed by atoms with van der Waals surface area (Å²) in [5, 5.41) is 0. The molecule has 0 aromatic carbocycles. The zero-order chi connectivity index (χ0) is 9.68. The van der Waals surface area contributed by atoms with Gasteiger partial charge in [-0.2, -0.15) is 0 Å². The average molecular weight is 181 g/mol. The second-order valence-electron chi connectivity index (χ2n) is 2.51. The number of nitrogens with two attached hydrogens (primary N) is 1. The quantitative estimate of drug-likeness (QED) is 0.750. The molecule has 0 aliphatic carbocycles. The molecule has 0 radical (unpaired) electrons. The number of aromatic nitrogens is 2. The summed E-state index contributed by atoms with van der Waals surface area (Å²) in [5.74, 6) is 1.01. The van der Waals surface area contributed by atoms with E-state index in [-0.39, 0.29) is 5.75 Å². The van der Waals surface area contributed by atoms with Crippen molar-refractivity contribution in [1.82, 2.24) is 9.97 Å². The minimum atomic E-state index is -0.855. The van der Waals surface area contributed by atoms with Crippen LogP contribution in [0, 0.1) is 0 Å². The topological polar surface area (TPSA) is 78.1 Å². The third-order valence-corrected chi connectivity index (χ3v) is 1.37. The van der Waals surface area contributed by atoms with Crippen molar-refractivity contribution in [2.75, 3.05) is 0 Å². The molecule has 5 nitrogen and oxygen atoms in total. The highest BCUT2D eigenvalue weighted by atomic mass is 16.5. The highest BCUT2D eigenvalue weighted by molar-refractivity contribution is 5.67. The van der Waals surface area contributed by atoms with Crippen molar-refractivity contribution in [2.24, 2.45) is 5.73 Å². The number of hydrogen-bond donors (Lipinski definition) is 1. The van der Waals surface area contributed by atoms with Crippen LogP contribution in [0.2, 0.25) is 0 Å². The van der Waals surface area contributed by atoms with Gasteiger partial charge in [-0.25, -0.2) is 14.8 Å². The molecule has 1 rings (SSSR count). The van der Waals surface area contributed by atoms with Gasteiger partial charge in [0.2, 0.25) is 0 Å². The van der Waals surface area contributed by atoms with E-state index in [1.165, 1.54) is 12.4 Å². The molecule has 1 aromatic heterocycles. The van der Waals surface area contributed by atoms with E-state index in [0.29, 0.717) is 0 Å². The highest BCUT2D eigenvalue weighted by Crippen LogP contribution is 2.06. The maximum Gasteiger partial charge on any atom is 0.410 e. The van der Waals surface area contributed by atoms with Gasteiger partial charge >= 0.3 is 6.09 Å². The Morgan fingerprint density at radius 3 is 2.62 bits per heavy atom. The molecule has 13 heavy (non-hydrogen) atoms. The maximum absolute atomic E-state index is 10.3. The predicted octanol–water partition coefficient (Wildman–Crippen LogP) is 0.887. The van der Waals surface area contributed by atoms with Crippen molar-refractivity contribution in [2.45, 2.75) is 19.8 Å². The van der Waals surface area contributed by atoms with Crippen LogP contribution in [0.15, 0.2) is 12.4 Å². The fourth-order valence-corrected chi connectivity index (χ4v) is 0.864. The van der Waals surface area contributed by atoms with Gasteiger partial charge in [-0.3, -0.25) is 0 Å². The Morgan fingerprint density at radius 1 is 1.54 bits per heavy atom. The Kier molecular flexibility index (Phi) is 3.19. The Balaban J connectivity index is 2.64. The van der Waals surface area contributed by atoms with Gasteiger partial charge in [-0.1, -0.05) is 6.92 Å². The summed E-state index contributed by atoms with van der Waals surface area (Å²) in [5.41, 5.74) is 4.80. The number of primary amides is 1. The number of aryl methyl sites for hydroxylation is 1. The lowest BCUT2D eigenvalue weighted by molar-refractivity contribution is 0.210. The summed E-state index contributed by atoms with van der Waals surface area (Å²) in [7, 11) is 0. The van der Waals surface area contributed by atoms with Crippen LogP contribution in [0.4, 0.5) is 4.79 Å². The molecule has 0 atom stereocenters. The second-order valence-corrected chi connectivity index (χ2v) is 2.51. The summed E-state index contributed by atoms with van der Waals surface area (Å²) < 4.78 is 4.56. The fraction of sp³-hybridized carbons (Fsp3) is 0.375. The molecule has 70 valence electrons. The van der Waals surface area contributed by atoms with Crippen molar-refractivity contribution < 1.29 is 9.53 Å². The van der Waals surface area contributed by atoms with Crippen molar-refractivity contribution in [3.05, 3.63) is 18.2 Å². The van der Waals surface area contributed by atoms with Crippen LogP contribution in [-0.4, -0.2) is 16.1 Å². The van der Waals surface area contributed by atoms with Crippen molar-refractivity contribution in [3.63, 3.8) is 0 Å². The van der Waals surface area contributed by atoms with Crippen LogP contribution < -0.4 is 10.5 Å². The number of hydrogen-bond acceptors (Lipinski definition) is 4. The molecule has 5 heteroatoms. The van der Waals surface area contributed by atoms with Gasteiger partial charge in [-0.15, -0.1) is 0 Å². The van der Waals surface area contributed by atoms with E-state index in [0.717, 1.165) is 18.7 Å². The molecule has 1 heterocycles. The van der Waals surface area contributed by atoms with Crippen LogP contribution in [0.1, 0.15) is 19.2 Å².